The van der Waals surface area contributed by atoms with Gasteiger partial charge in [-0.25, -0.2) is 0 Å². The summed E-state index contributed by atoms with van der Waals surface area (Å²) in [5.41, 5.74) is 6.91. The number of rotatable bonds is 4. The SMILES string of the molecule is CCOc1cc(N2CCC(N)C(C)C2)cc([N+](=O)[O-])c1. The number of nitrogens with two attached hydrogens (primary N) is 1. The van der Waals surface area contributed by atoms with Crippen molar-refractivity contribution in [2.24, 2.45) is 11.7 Å². The smallest absolute Gasteiger partial charge is 0.275 e. The Morgan fingerprint density at radius 2 is 2.25 bits per heavy atom. The van der Waals surface area contributed by atoms with Crippen LogP contribution in [0.25, 0.3) is 0 Å². The van der Waals surface area contributed by atoms with E-state index in [1.54, 1.807) is 6.07 Å². The van der Waals surface area contributed by atoms with E-state index in [0.29, 0.717) is 18.3 Å². The molecule has 2 unspecified atom stereocenters. The van der Waals surface area contributed by atoms with Gasteiger partial charge in [-0.15, -0.1) is 0 Å². The molecule has 0 saturated carbocycles. The quantitative estimate of drug-likeness (QED) is 0.674. The van der Waals surface area contributed by atoms with Crippen LogP contribution in [0.4, 0.5) is 11.4 Å². The predicted molar refractivity (Wildman–Crippen MR) is 78.2 cm³/mol. The summed E-state index contributed by atoms with van der Waals surface area (Å²) in [6.07, 6.45) is 0.897. The summed E-state index contributed by atoms with van der Waals surface area (Å²) < 4.78 is 5.42. The first-order chi connectivity index (χ1) is 9.51. The molecule has 0 spiro atoms. The lowest BCUT2D eigenvalue weighted by atomic mass is 9.94. The van der Waals surface area contributed by atoms with Crippen LogP contribution in [-0.4, -0.2) is 30.7 Å². The van der Waals surface area contributed by atoms with Gasteiger partial charge in [0.1, 0.15) is 5.75 Å². The zero-order valence-corrected chi connectivity index (χ0v) is 11.9. The lowest BCUT2D eigenvalue weighted by molar-refractivity contribution is -0.384. The van der Waals surface area contributed by atoms with Crippen molar-refractivity contribution in [3.05, 3.63) is 28.3 Å². The fourth-order valence-corrected chi connectivity index (χ4v) is 2.50. The highest BCUT2D eigenvalue weighted by Crippen LogP contribution is 2.31. The predicted octanol–water partition coefficient (Wildman–Crippen LogP) is 2.17. The number of anilines is 1. The second-order valence-electron chi connectivity index (χ2n) is 5.25. The van der Waals surface area contributed by atoms with Gasteiger partial charge >= 0.3 is 0 Å². The molecule has 2 atom stereocenters. The monoisotopic (exact) mass is 279 g/mol. The van der Waals surface area contributed by atoms with Crippen molar-refractivity contribution < 1.29 is 9.66 Å². The summed E-state index contributed by atoms with van der Waals surface area (Å²) in [6.45, 7) is 6.09. The molecule has 1 aliphatic rings. The lowest BCUT2D eigenvalue weighted by Crippen LogP contribution is -2.46. The fourth-order valence-electron chi connectivity index (χ4n) is 2.50. The van der Waals surface area contributed by atoms with Gasteiger partial charge in [-0.05, 0) is 19.3 Å². The minimum atomic E-state index is -0.384. The Kier molecular flexibility index (Phi) is 4.44. The van der Waals surface area contributed by atoms with E-state index in [1.165, 1.54) is 6.07 Å². The minimum absolute atomic E-state index is 0.0634. The molecule has 0 bridgehead atoms. The number of ether oxygens (including phenoxy) is 1. The van der Waals surface area contributed by atoms with Crippen LogP contribution in [-0.2, 0) is 0 Å². The average Bonchev–Trinajstić information content (AvgIpc) is 2.42. The first-order valence-corrected chi connectivity index (χ1v) is 6.94. The van der Waals surface area contributed by atoms with Crippen molar-refractivity contribution in [2.45, 2.75) is 26.3 Å². The minimum Gasteiger partial charge on any atom is -0.494 e. The van der Waals surface area contributed by atoms with Crippen molar-refractivity contribution in [3.63, 3.8) is 0 Å². The van der Waals surface area contributed by atoms with Crippen LogP contribution < -0.4 is 15.4 Å². The van der Waals surface area contributed by atoms with Gasteiger partial charge in [0, 0.05) is 37.0 Å². The molecule has 1 aromatic carbocycles. The van der Waals surface area contributed by atoms with E-state index in [-0.39, 0.29) is 16.7 Å². The zero-order valence-electron chi connectivity index (χ0n) is 11.9. The summed E-state index contributed by atoms with van der Waals surface area (Å²) in [5.74, 6) is 0.915. The maximum atomic E-state index is 11.0. The number of hydrogen-bond donors (Lipinski definition) is 1. The number of benzene rings is 1. The highest BCUT2D eigenvalue weighted by Gasteiger charge is 2.24. The summed E-state index contributed by atoms with van der Waals surface area (Å²) in [5, 5.41) is 11.0. The third kappa shape index (κ3) is 3.19. The third-order valence-corrected chi connectivity index (χ3v) is 3.73. The van der Waals surface area contributed by atoms with Gasteiger partial charge < -0.3 is 15.4 Å². The Labute approximate surface area is 118 Å². The summed E-state index contributed by atoms with van der Waals surface area (Å²) in [6, 6.07) is 5.13. The summed E-state index contributed by atoms with van der Waals surface area (Å²) >= 11 is 0. The Morgan fingerprint density at radius 1 is 1.50 bits per heavy atom. The van der Waals surface area contributed by atoms with Gasteiger partial charge in [0.2, 0.25) is 0 Å². The molecule has 0 radical (unpaired) electrons. The van der Waals surface area contributed by atoms with Gasteiger partial charge in [-0.3, -0.25) is 10.1 Å². The molecular formula is C14H21N3O3. The first kappa shape index (κ1) is 14.6. The van der Waals surface area contributed by atoms with Crippen molar-refractivity contribution in [1.82, 2.24) is 0 Å². The van der Waals surface area contributed by atoms with E-state index >= 15 is 0 Å². The van der Waals surface area contributed by atoms with Crippen molar-refractivity contribution in [3.8, 4) is 5.75 Å². The average molecular weight is 279 g/mol. The topological polar surface area (TPSA) is 81.6 Å². The van der Waals surface area contributed by atoms with E-state index in [1.807, 2.05) is 13.0 Å². The Balaban J connectivity index is 2.28. The Hall–Kier alpha value is -1.82. The number of non-ortho nitro benzene ring substituents is 1. The first-order valence-electron chi connectivity index (χ1n) is 6.94. The molecule has 0 aromatic heterocycles. The fraction of sp³-hybridized carbons (Fsp3) is 0.571. The molecule has 1 aliphatic heterocycles. The molecule has 1 heterocycles. The van der Waals surface area contributed by atoms with Crippen LogP contribution >= 0.6 is 0 Å². The van der Waals surface area contributed by atoms with Gasteiger partial charge in [-0.1, -0.05) is 6.92 Å². The van der Waals surface area contributed by atoms with E-state index in [2.05, 4.69) is 11.8 Å². The molecule has 20 heavy (non-hydrogen) atoms. The van der Waals surface area contributed by atoms with E-state index in [4.69, 9.17) is 10.5 Å². The number of hydrogen-bond acceptors (Lipinski definition) is 5. The zero-order chi connectivity index (χ0) is 14.7. The van der Waals surface area contributed by atoms with Crippen LogP contribution in [0.1, 0.15) is 20.3 Å². The molecule has 0 amide bonds. The second-order valence-corrected chi connectivity index (χ2v) is 5.25. The van der Waals surface area contributed by atoms with Crippen LogP contribution in [0, 0.1) is 16.0 Å². The Bertz CT molecular complexity index is 493. The third-order valence-electron chi connectivity index (χ3n) is 3.73. The number of nitro benzene ring substituents is 1. The van der Waals surface area contributed by atoms with Gasteiger partial charge in [0.05, 0.1) is 17.6 Å². The molecule has 1 aromatic rings. The molecule has 6 heteroatoms. The van der Waals surface area contributed by atoms with Crippen molar-refractivity contribution in [1.29, 1.82) is 0 Å². The molecule has 6 nitrogen and oxygen atoms in total. The van der Waals surface area contributed by atoms with Crippen molar-refractivity contribution in [2.75, 3.05) is 24.6 Å². The molecule has 2 N–H and O–H groups in total. The number of nitrogens with zero attached hydrogens (tertiary/aromatic N) is 2. The maximum Gasteiger partial charge on any atom is 0.275 e. The number of nitro groups is 1. The second kappa shape index (κ2) is 6.09. The summed E-state index contributed by atoms with van der Waals surface area (Å²) in [7, 11) is 0. The molecule has 0 aliphatic carbocycles. The van der Waals surface area contributed by atoms with Crippen LogP contribution in [0.2, 0.25) is 0 Å². The standard InChI is InChI=1S/C14H21N3O3/c1-3-20-13-7-11(6-12(8-13)17(18)19)16-5-4-14(15)10(2)9-16/h6-8,10,14H,3-5,9,15H2,1-2H3. The molecule has 110 valence electrons. The highest BCUT2D eigenvalue weighted by atomic mass is 16.6. The largest absolute Gasteiger partial charge is 0.494 e. The maximum absolute atomic E-state index is 11.0. The molecular weight excluding hydrogens is 258 g/mol. The highest BCUT2D eigenvalue weighted by molar-refractivity contribution is 5.58. The van der Waals surface area contributed by atoms with Gasteiger partial charge in [0.25, 0.3) is 5.69 Å². The van der Waals surface area contributed by atoms with Gasteiger partial charge in [-0.2, -0.15) is 0 Å². The number of piperidine rings is 1. The van der Waals surface area contributed by atoms with E-state index < -0.39 is 0 Å². The van der Waals surface area contributed by atoms with E-state index in [0.717, 1.165) is 25.2 Å². The van der Waals surface area contributed by atoms with Crippen LogP contribution in [0.15, 0.2) is 18.2 Å². The van der Waals surface area contributed by atoms with Gasteiger partial charge in [0.15, 0.2) is 0 Å². The molecule has 1 saturated heterocycles. The Morgan fingerprint density at radius 3 is 2.85 bits per heavy atom. The van der Waals surface area contributed by atoms with Crippen LogP contribution in [0.3, 0.4) is 0 Å². The molecule has 2 rings (SSSR count). The lowest BCUT2D eigenvalue weighted by Gasteiger charge is -2.36. The normalized spacial score (nSPS) is 22.6. The van der Waals surface area contributed by atoms with Crippen LogP contribution in [0.5, 0.6) is 5.75 Å². The molecule has 1 fully saturated rings. The summed E-state index contributed by atoms with van der Waals surface area (Å²) in [4.78, 5) is 12.8. The van der Waals surface area contributed by atoms with E-state index in [9.17, 15) is 10.1 Å². The van der Waals surface area contributed by atoms with Crippen molar-refractivity contribution >= 4 is 11.4 Å².